The molecular formula is C8H13Br3. The van der Waals surface area contributed by atoms with Crippen LogP contribution in [-0.4, -0.2) is 2.14 Å². The number of alkyl halides is 3. The quantitative estimate of drug-likeness (QED) is 0.597. The highest BCUT2D eigenvalue weighted by molar-refractivity contribution is 9.39. The van der Waals surface area contributed by atoms with Crippen molar-refractivity contribution in [3.8, 4) is 0 Å². The van der Waals surface area contributed by atoms with Gasteiger partial charge in [0.25, 0.3) is 0 Å². The molecule has 0 bridgehead atoms. The molecule has 0 aromatic carbocycles. The van der Waals surface area contributed by atoms with Crippen LogP contribution in [0.3, 0.4) is 0 Å². The van der Waals surface area contributed by atoms with Gasteiger partial charge in [-0.15, -0.1) is 0 Å². The summed E-state index contributed by atoms with van der Waals surface area (Å²) in [6.07, 6.45) is 8.29. The predicted molar refractivity (Wildman–Crippen MR) is 60.7 cm³/mol. The molecule has 0 aliphatic heterocycles. The Morgan fingerprint density at radius 2 is 1.55 bits per heavy atom. The molecule has 3 heteroatoms. The van der Waals surface area contributed by atoms with E-state index < -0.39 is 0 Å². The average Bonchev–Trinajstić information content (AvgIpc) is 1.85. The monoisotopic (exact) mass is 346 g/mol. The van der Waals surface area contributed by atoms with Crippen LogP contribution in [0.25, 0.3) is 0 Å². The van der Waals surface area contributed by atoms with Gasteiger partial charge in [0.2, 0.25) is 0 Å². The molecule has 0 spiro atoms. The smallest absolute Gasteiger partial charge is 0.0599 e. The Morgan fingerprint density at radius 1 is 1.00 bits per heavy atom. The van der Waals surface area contributed by atoms with E-state index in [4.69, 9.17) is 0 Å². The lowest BCUT2D eigenvalue weighted by Gasteiger charge is -2.25. The molecule has 0 amide bonds. The summed E-state index contributed by atoms with van der Waals surface area (Å²) in [6, 6.07) is 0. The first-order valence-corrected chi connectivity index (χ1v) is 6.52. The summed E-state index contributed by atoms with van der Waals surface area (Å²) in [4.78, 5) is 0. The number of hydrogen-bond acceptors (Lipinski definition) is 0. The Morgan fingerprint density at radius 3 is 2.00 bits per heavy atom. The van der Waals surface area contributed by atoms with Crippen LogP contribution in [-0.2, 0) is 0 Å². The highest BCUT2D eigenvalue weighted by Gasteiger charge is 2.24. The molecule has 1 aliphatic rings. The second-order valence-corrected chi connectivity index (χ2v) is 10.6. The summed E-state index contributed by atoms with van der Waals surface area (Å²) in [6.45, 7) is 0. The fourth-order valence-electron chi connectivity index (χ4n) is 1.72. The molecule has 66 valence electrons. The maximum atomic E-state index is 3.55. The van der Waals surface area contributed by atoms with Crippen molar-refractivity contribution in [2.75, 3.05) is 0 Å². The second-order valence-electron chi connectivity index (χ2n) is 3.32. The van der Waals surface area contributed by atoms with Crippen LogP contribution in [0.5, 0.6) is 0 Å². The molecule has 0 aromatic heterocycles. The van der Waals surface area contributed by atoms with Gasteiger partial charge in [0.15, 0.2) is 0 Å². The van der Waals surface area contributed by atoms with Crippen LogP contribution >= 0.6 is 47.8 Å². The first-order valence-electron chi connectivity index (χ1n) is 4.15. The van der Waals surface area contributed by atoms with Crippen LogP contribution < -0.4 is 0 Å². The average molecular weight is 349 g/mol. The Bertz CT molecular complexity index is 111. The number of halogens is 3. The van der Waals surface area contributed by atoms with Crippen LogP contribution in [0.4, 0.5) is 0 Å². The minimum atomic E-state index is -0.00495. The van der Waals surface area contributed by atoms with E-state index in [2.05, 4.69) is 47.8 Å². The summed E-state index contributed by atoms with van der Waals surface area (Å²) in [5.41, 5.74) is 0. The summed E-state index contributed by atoms with van der Waals surface area (Å²) in [5, 5.41) is 0. The molecule has 1 fully saturated rings. The molecule has 1 saturated carbocycles. The zero-order chi connectivity index (χ0) is 8.32. The van der Waals surface area contributed by atoms with Crippen LogP contribution in [0.15, 0.2) is 0 Å². The van der Waals surface area contributed by atoms with E-state index in [1.165, 1.54) is 38.5 Å². The molecule has 11 heavy (non-hydrogen) atoms. The predicted octanol–water partition coefficient (Wildman–Crippen LogP) is 4.80. The molecule has 0 unspecified atom stereocenters. The summed E-state index contributed by atoms with van der Waals surface area (Å²) in [7, 11) is 0. The van der Waals surface area contributed by atoms with Gasteiger partial charge in [-0.25, -0.2) is 0 Å². The maximum absolute atomic E-state index is 3.55. The van der Waals surface area contributed by atoms with E-state index in [9.17, 15) is 0 Å². The fourth-order valence-corrected chi connectivity index (χ4v) is 3.09. The third-order valence-corrected chi connectivity index (χ3v) is 3.22. The topological polar surface area (TPSA) is 0 Å². The van der Waals surface area contributed by atoms with E-state index in [1.54, 1.807) is 0 Å². The van der Waals surface area contributed by atoms with Crippen LogP contribution in [0.2, 0.25) is 0 Å². The zero-order valence-corrected chi connectivity index (χ0v) is 11.2. The lowest BCUT2D eigenvalue weighted by atomic mass is 9.88. The molecule has 0 radical (unpaired) electrons. The first kappa shape index (κ1) is 10.5. The zero-order valence-electron chi connectivity index (χ0n) is 6.45. The van der Waals surface area contributed by atoms with Crippen molar-refractivity contribution in [3.05, 3.63) is 0 Å². The van der Waals surface area contributed by atoms with Crippen molar-refractivity contribution in [1.29, 1.82) is 0 Å². The van der Waals surface area contributed by atoms with Gasteiger partial charge < -0.3 is 0 Å². The number of hydrogen-bond donors (Lipinski definition) is 0. The first-order chi connectivity index (χ1) is 5.08. The third-order valence-electron chi connectivity index (χ3n) is 2.24. The highest BCUT2D eigenvalue weighted by Crippen LogP contribution is 2.43. The Labute approximate surface area is 93.9 Å². The van der Waals surface area contributed by atoms with E-state index in [-0.39, 0.29) is 2.14 Å². The molecule has 0 N–H and O–H groups in total. The minimum absolute atomic E-state index is 0.00495. The SMILES string of the molecule is BrC(Br)(Br)CC1CCCCC1. The Kier molecular flexibility index (Phi) is 4.41. The molecule has 0 nitrogen and oxygen atoms in total. The molecule has 1 rings (SSSR count). The van der Waals surface area contributed by atoms with Gasteiger partial charge in [0.1, 0.15) is 2.14 Å². The Balaban J connectivity index is 2.24. The van der Waals surface area contributed by atoms with Gasteiger partial charge in [-0.05, 0) is 12.3 Å². The normalized spacial score (nSPS) is 22.1. The van der Waals surface area contributed by atoms with Gasteiger partial charge in [0.05, 0.1) is 0 Å². The summed E-state index contributed by atoms with van der Waals surface area (Å²) >= 11 is 10.6. The largest absolute Gasteiger partial charge is 0.135 e. The van der Waals surface area contributed by atoms with E-state index >= 15 is 0 Å². The van der Waals surface area contributed by atoms with Crippen molar-refractivity contribution in [3.63, 3.8) is 0 Å². The van der Waals surface area contributed by atoms with Gasteiger partial charge in [-0.3, -0.25) is 0 Å². The summed E-state index contributed by atoms with van der Waals surface area (Å²) < 4.78 is -0.00495. The molecule has 0 saturated heterocycles. The lowest BCUT2D eigenvalue weighted by Crippen LogP contribution is -2.13. The van der Waals surface area contributed by atoms with Crippen molar-refractivity contribution in [2.24, 2.45) is 5.92 Å². The van der Waals surface area contributed by atoms with E-state index in [1.807, 2.05) is 0 Å². The van der Waals surface area contributed by atoms with Crippen molar-refractivity contribution in [2.45, 2.75) is 40.7 Å². The van der Waals surface area contributed by atoms with Crippen LogP contribution in [0, 0.1) is 5.92 Å². The second kappa shape index (κ2) is 4.61. The minimum Gasteiger partial charge on any atom is -0.0599 e. The summed E-state index contributed by atoms with van der Waals surface area (Å²) in [5.74, 6) is 0.905. The van der Waals surface area contributed by atoms with Gasteiger partial charge in [-0.1, -0.05) is 79.9 Å². The molecule has 1 aliphatic carbocycles. The molecular weight excluding hydrogens is 336 g/mol. The molecule has 0 heterocycles. The van der Waals surface area contributed by atoms with Crippen molar-refractivity contribution < 1.29 is 0 Å². The standard InChI is InChI=1S/C8H13Br3/c9-8(10,11)6-7-4-2-1-3-5-7/h7H,1-6H2. The lowest BCUT2D eigenvalue weighted by molar-refractivity contribution is 0.347. The molecule has 0 atom stereocenters. The van der Waals surface area contributed by atoms with Crippen LogP contribution in [0.1, 0.15) is 38.5 Å². The number of rotatable bonds is 1. The van der Waals surface area contributed by atoms with Gasteiger partial charge in [0, 0.05) is 0 Å². The van der Waals surface area contributed by atoms with E-state index in [0.717, 1.165) is 5.92 Å². The third kappa shape index (κ3) is 4.89. The fraction of sp³-hybridized carbons (Fsp3) is 1.00. The maximum Gasteiger partial charge on any atom is 0.135 e. The highest BCUT2D eigenvalue weighted by atomic mass is 80.0. The van der Waals surface area contributed by atoms with Crippen molar-refractivity contribution >= 4 is 47.8 Å². The molecule has 0 aromatic rings. The van der Waals surface area contributed by atoms with Gasteiger partial charge >= 0.3 is 0 Å². The van der Waals surface area contributed by atoms with E-state index in [0.29, 0.717) is 0 Å². The Hall–Kier alpha value is 1.44. The van der Waals surface area contributed by atoms with Gasteiger partial charge in [-0.2, -0.15) is 0 Å². The van der Waals surface area contributed by atoms with Crippen molar-refractivity contribution in [1.82, 2.24) is 0 Å².